The zero-order valence-corrected chi connectivity index (χ0v) is 41.4. The Hall–Kier alpha value is -5.42. The largest absolute Gasteiger partial charge is 0.496 e. The van der Waals surface area contributed by atoms with Crippen LogP contribution in [0.4, 0.5) is 5.69 Å². The first-order valence-electron chi connectivity index (χ1n) is 22.9. The number of amides is 4. The van der Waals surface area contributed by atoms with Crippen LogP contribution in [0.5, 0.6) is 11.5 Å². The standard InChI is InChI=1S/C48H58Cl2N8O12/c1-46(2)24-65-11-10-57(46)45(63)40-32-22-66-36-17-35(64-7)30(16-31(36)41(32)58(56-40)29-14-26(49)13-27(50)15-29)25-12-28(19-52-18-25)55-39(61)21-54-44(62)33(51)8-9-38(60)53-20-34(59)42-43(70-48(5,6)69-42)37-23-67-47(3,4)68-37/h12-19,33-34,37,42-43,59H,8-11,20-24,51H2,1-7H3,(H,53,60)(H,54,62)(H,55,61)/t33-,34-,37+,42+,43?/m0/s1. The van der Waals surface area contributed by atoms with Crippen molar-refractivity contribution in [3.05, 3.63) is 70.1 Å². The topological polar surface area (TPSA) is 249 Å². The van der Waals surface area contributed by atoms with Crippen molar-refractivity contribution in [1.29, 1.82) is 0 Å². The van der Waals surface area contributed by atoms with E-state index in [9.17, 15) is 24.3 Å². The quantitative estimate of drug-likeness (QED) is 0.111. The molecular weight excluding hydrogens is 951 g/mol. The number of aromatic nitrogens is 3. The lowest BCUT2D eigenvalue weighted by Gasteiger charge is -2.41. The summed E-state index contributed by atoms with van der Waals surface area (Å²) >= 11 is 13.0. The molecule has 22 heteroatoms. The number of anilines is 1. The van der Waals surface area contributed by atoms with Crippen LogP contribution in [0.15, 0.2) is 48.8 Å². The zero-order valence-electron chi connectivity index (χ0n) is 39.9. The van der Waals surface area contributed by atoms with Gasteiger partial charge in [0.1, 0.15) is 42.5 Å². The van der Waals surface area contributed by atoms with Gasteiger partial charge in [0.25, 0.3) is 5.91 Å². The van der Waals surface area contributed by atoms with Crippen LogP contribution < -0.4 is 31.2 Å². The highest BCUT2D eigenvalue weighted by Gasteiger charge is 2.52. The number of rotatable bonds is 15. The van der Waals surface area contributed by atoms with Crippen LogP contribution in [0.1, 0.15) is 70.4 Å². The molecule has 0 spiro atoms. The lowest BCUT2D eigenvalue weighted by Crippen LogP contribution is -2.55. The van der Waals surface area contributed by atoms with Crippen molar-refractivity contribution in [2.24, 2.45) is 5.73 Å². The predicted octanol–water partition coefficient (Wildman–Crippen LogP) is 4.37. The Bertz CT molecular complexity index is 2640. The second-order valence-electron chi connectivity index (χ2n) is 19.1. The Balaban J connectivity index is 0.909. The molecule has 2 aromatic heterocycles. The maximum Gasteiger partial charge on any atom is 0.275 e. The Morgan fingerprint density at radius 1 is 0.943 bits per heavy atom. The normalized spacial score (nSPS) is 21.7. The van der Waals surface area contributed by atoms with Crippen LogP contribution in [-0.2, 0) is 44.7 Å². The predicted molar refractivity (Wildman–Crippen MR) is 256 cm³/mol. The minimum atomic E-state index is -1.13. The van der Waals surface area contributed by atoms with Crippen molar-refractivity contribution in [2.45, 2.75) is 109 Å². The number of nitrogens with two attached hydrogens (primary N) is 1. The molecule has 4 aliphatic rings. The highest BCUT2D eigenvalue weighted by Crippen LogP contribution is 2.47. The number of morpholine rings is 1. The number of halogens is 2. The third-order valence-corrected chi connectivity index (χ3v) is 12.8. The molecule has 6 N–H and O–H groups in total. The number of methoxy groups -OCH3 is 1. The molecule has 0 bridgehead atoms. The van der Waals surface area contributed by atoms with E-state index in [1.807, 2.05) is 19.9 Å². The third kappa shape index (κ3) is 11.2. The average molecular weight is 1010 g/mol. The molecule has 376 valence electrons. The number of pyridine rings is 1. The van der Waals surface area contributed by atoms with Crippen LogP contribution in [-0.4, -0.2) is 143 Å². The number of carbonyl (C=O) groups excluding carboxylic acids is 4. The van der Waals surface area contributed by atoms with Crippen LogP contribution in [0.3, 0.4) is 0 Å². The molecule has 0 radical (unpaired) electrons. The molecule has 2 aromatic carbocycles. The van der Waals surface area contributed by atoms with Gasteiger partial charge in [-0.25, -0.2) is 4.68 Å². The van der Waals surface area contributed by atoms with Gasteiger partial charge in [-0.05, 0) is 78.3 Å². The summed E-state index contributed by atoms with van der Waals surface area (Å²) < 4.78 is 43.1. The molecule has 70 heavy (non-hydrogen) atoms. The number of ether oxygens (including phenoxy) is 7. The van der Waals surface area contributed by atoms with Crippen LogP contribution >= 0.6 is 23.2 Å². The fourth-order valence-corrected chi connectivity index (χ4v) is 9.45. The average Bonchev–Trinajstić information content (AvgIpc) is 3.99. The van der Waals surface area contributed by atoms with Gasteiger partial charge in [-0.1, -0.05) is 23.2 Å². The summed E-state index contributed by atoms with van der Waals surface area (Å²) in [6.07, 6.45) is -0.175. The number of nitrogens with zero attached hydrogens (tertiary/aromatic N) is 4. The fourth-order valence-electron chi connectivity index (χ4n) is 8.94. The number of aliphatic hydroxyl groups is 1. The molecule has 4 aliphatic heterocycles. The zero-order chi connectivity index (χ0) is 50.3. The molecule has 3 fully saturated rings. The minimum Gasteiger partial charge on any atom is -0.496 e. The van der Waals surface area contributed by atoms with Crippen molar-refractivity contribution in [2.75, 3.05) is 51.9 Å². The lowest BCUT2D eigenvalue weighted by molar-refractivity contribution is -0.175. The van der Waals surface area contributed by atoms with Gasteiger partial charge in [-0.15, -0.1) is 0 Å². The molecular formula is C48H58Cl2N8O12. The smallest absolute Gasteiger partial charge is 0.275 e. The van der Waals surface area contributed by atoms with E-state index in [2.05, 4.69) is 20.9 Å². The molecule has 20 nitrogen and oxygen atoms in total. The molecule has 4 aromatic rings. The Morgan fingerprint density at radius 2 is 1.70 bits per heavy atom. The number of nitrogens with one attached hydrogen (secondary N) is 3. The first kappa shape index (κ1) is 51.0. The third-order valence-electron chi connectivity index (χ3n) is 12.3. The summed E-state index contributed by atoms with van der Waals surface area (Å²) in [6, 6.07) is 9.17. The van der Waals surface area contributed by atoms with Gasteiger partial charge >= 0.3 is 0 Å². The van der Waals surface area contributed by atoms with Crippen LogP contribution in [0.2, 0.25) is 10.0 Å². The van der Waals surface area contributed by atoms with Gasteiger partial charge in [0.05, 0.1) is 68.3 Å². The van der Waals surface area contributed by atoms with Crippen molar-refractivity contribution in [1.82, 2.24) is 30.3 Å². The summed E-state index contributed by atoms with van der Waals surface area (Å²) in [5, 5.41) is 24.6. The van der Waals surface area contributed by atoms with E-state index in [4.69, 9.17) is 67.2 Å². The monoisotopic (exact) mass is 1010 g/mol. The summed E-state index contributed by atoms with van der Waals surface area (Å²) in [5.74, 6) is -2.83. The van der Waals surface area contributed by atoms with Crippen molar-refractivity contribution in [3.63, 3.8) is 0 Å². The maximum absolute atomic E-state index is 14.4. The Morgan fingerprint density at radius 3 is 2.40 bits per heavy atom. The van der Waals surface area contributed by atoms with Crippen molar-refractivity contribution < 1.29 is 57.4 Å². The maximum atomic E-state index is 14.4. The number of benzene rings is 2. The van der Waals surface area contributed by atoms with E-state index in [0.29, 0.717) is 80.6 Å². The van der Waals surface area contributed by atoms with E-state index in [-0.39, 0.29) is 44.2 Å². The van der Waals surface area contributed by atoms with E-state index in [0.717, 1.165) is 0 Å². The van der Waals surface area contributed by atoms with E-state index >= 15 is 0 Å². The molecule has 6 heterocycles. The van der Waals surface area contributed by atoms with Gasteiger partial charge in [-0.2, -0.15) is 5.10 Å². The van der Waals surface area contributed by atoms with E-state index in [1.165, 1.54) is 13.3 Å². The SMILES string of the molecule is COc1cc2c(cc1-c1cncc(NC(=O)CNC(=O)[C@@H](N)CCC(=O)NC[C@H](O)[C@H]3OC(C)(C)OC3[C@H]3COC(C)(C)O3)c1)-c1c(c(C(=O)N3CCOCC3(C)C)nn1-c1cc(Cl)cc(Cl)c1)CO2. The molecule has 1 unspecified atom stereocenters. The van der Waals surface area contributed by atoms with Crippen LogP contribution in [0.25, 0.3) is 28.1 Å². The number of carbonyl (C=O) groups is 4. The molecule has 8 rings (SSSR count). The second kappa shape index (κ2) is 20.4. The number of hydrogen-bond donors (Lipinski definition) is 5. The first-order valence-corrected chi connectivity index (χ1v) is 23.6. The molecule has 0 aliphatic carbocycles. The van der Waals surface area contributed by atoms with E-state index < -0.39 is 71.8 Å². The number of fused-ring (bicyclic) bond motifs is 3. The summed E-state index contributed by atoms with van der Waals surface area (Å²) in [7, 11) is 1.52. The van der Waals surface area contributed by atoms with E-state index in [1.54, 1.807) is 73.8 Å². The summed E-state index contributed by atoms with van der Waals surface area (Å²) in [6.45, 7) is 11.8. The Kier molecular flexibility index (Phi) is 14.8. The highest BCUT2D eigenvalue weighted by molar-refractivity contribution is 6.34. The van der Waals surface area contributed by atoms with Gasteiger partial charge in [0.15, 0.2) is 17.3 Å². The molecule has 3 saturated heterocycles. The second-order valence-corrected chi connectivity index (χ2v) is 19.9. The first-order chi connectivity index (χ1) is 33.1. The van der Waals surface area contributed by atoms with Gasteiger partial charge in [-0.3, -0.25) is 24.2 Å². The van der Waals surface area contributed by atoms with Crippen molar-refractivity contribution >= 4 is 52.5 Å². The molecule has 5 atom stereocenters. The Labute approximate surface area is 414 Å². The van der Waals surface area contributed by atoms with Crippen molar-refractivity contribution in [3.8, 4) is 39.6 Å². The molecule has 0 saturated carbocycles. The number of aliphatic hydroxyl groups excluding tert-OH is 1. The van der Waals surface area contributed by atoms with Gasteiger partial charge < -0.3 is 64.8 Å². The highest BCUT2D eigenvalue weighted by atomic mass is 35.5. The summed E-state index contributed by atoms with van der Waals surface area (Å²) in [5.41, 5.74) is 9.42. The van der Waals surface area contributed by atoms with Crippen LogP contribution in [0, 0.1) is 0 Å². The molecule has 4 amide bonds. The van der Waals surface area contributed by atoms with Gasteiger partial charge in [0.2, 0.25) is 17.7 Å². The van der Waals surface area contributed by atoms with Gasteiger partial charge in [0, 0.05) is 64.1 Å². The lowest BCUT2D eigenvalue weighted by atomic mass is 9.95. The minimum absolute atomic E-state index is 0.0329. The summed E-state index contributed by atoms with van der Waals surface area (Å²) in [4.78, 5) is 59.3. The number of hydrogen-bond acceptors (Lipinski definition) is 15. The fraction of sp³-hybridized carbons (Fsp3) is 0.500.